The number of ether oxygens (including phenoxy) is 1. The highest BCUT2D eigenvalue weighted by molar-refractivity contribution is 7.92. The van der Waals surface area contributed by atoms with Gasteiger partial charge in [-0.2, -0.15) is 0 Å². The van der Waals surface area contributed by atoms with E-state index in [9.17, 15) is 13.2 Å². The predicted molar refractivity (Wildman–Crippen MR) is 88.0 cm³/mol. The minimum atomic E-state index is -3.21. The van der Waals surface area contributed by atoms with Crippen molar-refractivity contribution in [2.45, 2.75) is 43.5 Å². The molecule has 1 aliphatic rings. The third kappa shape index (κ3) is 3.70. The first-order valence-electron chi connectivity index (χ1n) is 7.43. The highest BCUT2D eigenvalue weighted by atomic mass is 32.2. The molecule has 5 nitrogen and oxygen atoms in total. The highest BCUT2D eigenvalue weighted by Gasteiger charge is 2.41. The third-order valence-electron chi connectivity index (χ3n) is 4.39. The summed E-state index contributed by atoms with van der Waals surface area (Å²) >= 11 is 1.46. The van der Waals surface area contributed by atoms with Gasteiger partial charge >= 0.3 is 0 Å². The van der Waals surface area contributed by atoms with Gasteiger partial charge in [0.25, 0.3) is 5.91 Å². The summed E-state index contributed by atoms with van der Waals surface area (Å²) in [5, 5.41) is 4.68. The Morgan fingerprint density at radius 3 is 2.64 bits per heavy atom. The van der Waals surface area contributed by atoms with Gasteiger partial charge in [-0.3, -0.25) is 4.79 Å². The van der Waals surface area contributed by atoms with E-state index in [-0.39, 0.29) is 12.5 Å². The summed E-state index contributed by atoms with van der Waals surface area (Å²) in [5.74, 6) is -0.220. The Hall–Kier alpha value is -0.920. The van der Waals surface area contributed by atoms with Gasteiger partial charge in [0, 0.05) is 24.8 Å². The van der Waals surface area contributed by atoms with Crippen molar-refractivity contribution in [1.82, 2.24) is 5.32 Å². The maximum atomic E-state index is 12.4. The van der Waals surface area contributed by atoms with Gasteiger partial charge < -0.3 is 10.1 Å². The highest BCUT2D eigenvalue weighted by Crippen LogP contribution is 2.34. The molecule has 0 aromatic carbocycles. The number of hydrogen-bond donors (Lipinski definition) is 1. The van der Waals surface area contributed by atoms with E-state index in [0.717, 1.165) is 24.1 Å². The smallest absolute Gasteiger partial charge is 0.252 e. The second kappa shape index (κ2) is 7.10. The van der Waals surface area contributed by atoms with Crippen LogP contribution < -0.4 is 5.32 Å². The van der Waals surface area contributed by atoms with Gasteiger partial charge in [0.1, 0.15) is 0 Å². The molecule has 1 amide bonds. The van der Waals surface area contributed by atoms with Gasteiger partial charge in [-0.25, -0.2) is 8.42 Å². The summed E-state index contributed by atoms with van der Waals surface area (Å²) in [6.07, 6.45) is 5.40. The van der Waals surface area contributed by atoms with E-state index in [4.69, 9.17) is 4.74 Å². The topological polar surface area (TPSA) is 72.5 Å². The average Bonchev–Trinajstić information content (AvgIpc) is 2.93. The molecule has 2 rings (SSSR count). The molecule has 0 saturated heterocycles. The number of hydrogen-bond acceptors (Lipinski definition) is 5. The maximum absolute atomic E-state index is 12.4. The number of sulfone groups is 1. The molecule has 0 unspecified atom stereocenters. The standard InChI is InChI=1S/C15H23NO4S2/c1-20-10-13-12(6-9-21-13)14(17)16-11-15(22(2,18)19)7-4-3-5-8-15/h6,9H,3-5,7-8,10-11H2,1-2H3,(H,16,17). The molecule has 0 aliphatic heterocycles. The molecule has 1 N–H and O–H groups in total. The molecule has 1 fully saturated rings. The lowest BCUT2D eigenvalue weighted by Gasteiger charge is -2.35. The molecule has 1 aromatic heterocycles. The van der Waals surface area contributed by atoms with Crippen molar-refractivity contribution >= 4 is 27.1 Å². The van der Waals surface area contributed by atoms with Crippen LogP contribution in [0.3, 0.4) is 0 Å². The van der Waals surface area contributed by atoms with Crippen LogP contribution in [0.2, 0.25) is 0 Å². The Morgan fingerprint density at radius 1 is 1.36 bits per heavy atom. The zero-order valence-corrected chi connectivity index (χ0v) is 14.7. The fourth-order valence-corrected chi connectivity index (χ4v) is 5.20. The largest absolute Gasteiger partial charge is 0.379 e. The number of nitrogens with one attached hydrogen (secondary N) is 1. The normalized spacial score (nSPS) is 18.1. The summed E-state index contributed by atoms with van der Waals surface area (Å²) in [5.41, 5.74) is 0.575. The number of carbonyl (C=O) groups excluding carboxylic acids is 1. The van der Waals surface area contributed by atoms with E-state index < -0.39 is 14.6 Å². The van der Waals surface area contributed by atoms with E-state index in [1.807, 2.05) is 5.38 Å². The zero-order valence-electron chi connectivity index (χ0n) is 13.1. The van der Waals surface area contributed by atoms with Crippen molar-refractivity contribution in [2.24, 2.45) is 0 Å². The molecular weight excluding hydrogens is 322 g/mol. The first kappa shape index (κ1) is 17.4. The summed E-state index contributed by atoms with van der Waals surface area (Å²) in [6.45, 7) is 0.574. The Morgan fingerprint density at radius 2 is 2.05 bits per heavy atom. The lowest BCUT2D eigenvalue weighted by molar-refractivity contribution is 0.0942. The van der Waals surface area contributed by atoms with E-state index in [1.165, 1.54) is 17.6 Å². The van der Waals surface area contributed by atoms with E-state index in [2.05, 4.69) is 5.32 Å². The Balaban J connectivity index is 2.09. The monoisotopic (exact) mass is 345 g/mol. The van der Waals surface area contributed by atoms with Crippen LogP contribution in [0.15, 0.2) is 11.4 Å². The SMILES string of the molecule is COCc1sccc1C(=O)NCC1(S(C)(=O)=O)CCCCC1. The minimum Gasteiger partial charge on any atom is -0.379 e. The van der Waals surface area contributed by atoms with Crippen LogP contribution in [-0.4, -0.2) is 39.0 Å². The zero-order chi connectivity index (χ0) is 16.2. The Kier molecular flexibility index (Phi) is 5.63. The second-order valence-corrected chi connectivity index (χ2v) is 9.30. The van der Waals surface area contributed by atoms with Gasteiger partial charge in [-0.05, 0) is 24.3 Å². The van der Waals surface area contributed by atoms with Gasteiger partial charge in [-0.1, -0.05) is 19.3 Å². The maximum Gasteiger partial charge on any atom is 0.252 e. The molecule has 22 heavy (non-hydrogen) atoms. The van der Waals surface area contributed by atoms with Crippen molar-refractivity contribution in [3.05, 3.63) is 21.9 Å². The molecule has 1 aliphatic carbocycles. The summed E-state index contributed by atoms with van der Waals surface area (Å²) < 4.78 is 28.7. The van der Waals surface area contributed by atoms with Crippen molar-refractivity contribution in [1.29, 1.82) is 0 Å². The molecule has 1 heterocycles. The predicted octanol–water partition coefficient (Wildman–Crippen LogP) is 2.37. The van der Waals surface area contributed by atoms with Crippen LogP contribution >= 0.6 is 11.3 Å². The summed E-state index contributed by atoms with van der Waals surface area (Å²) in [7, 11) is -1.62. The average molecular weight is 345 g/mol. The Labute approximate surface area is 136 Å². The quantitative estimate of drug-likeness (QED) is 0.859. The molecule has 1 aromatic rings. The molecular formula is C15H23NO4S2. The van der Waals surface area contributed by atoms with Gasteiger partial charge in [-0.15, -0.1) is 11.3 Å². The Bertz CT molecular complexity index is 615. The number of rotatable bonds is 6. The lowest BCUT2D eigenvalue weighted by Crippen LogP contribution is -2.49. The molecule has 1 saturated carbocycles. The first-order valence-corrected chi connectivity index (χ1v) is 10.2. The molecule has 7 heteroatoms. The van der Waals surface area contributed by atoms with Crippen LogP contribution in [-0.2, 0) is 21.2 Å². The third-order valence-corrected chi connectivity index (χ3v) is 7.41. The molecule has 0 radical (unpaired) electrons. The molecule has 0 spiro atoms. The number of methoxy groups -OCH3 is 1. The number of amides is 1. The molecule has 124 valence electrons. The minimum absolute atomic E-state index is 0.187. The van der Waals surface area contributed by atoms with Crippen molar-refractivity contribution in [3.8, 4) is 0 Å². The first-order chi connectivity index (χ1) is 10.4. The van der Waals surface area contributed by atoms with Crippen LogP contribution in [0.5, 0.6) is 0 Å². The summed E-state index contributed by atoms with van der Waals surface area (Å²) in [4.78, 5) is 13.2. The van der Waals surface area contributed by atoms with Crippen molar-refractivity contribution in [2.75, 3.05) is 19.9 Å². The van der Waals surface area contributed by atoms with Gasteiger partial charge in [0.05, 0.1) is 16.9 Å². The van der Waals surface area contributed by atoms with Crippen LogP contribution in [0, 0.1) is 0 Å². The van der Waals surface area contributed by atoms with E-state index in [0.29, 0.717) is 25.0 Å². The molecule has 0 atom stereocenters. The fourth-order valence-electron chi connectivity index (χ4n) is 3.00. The van der Waals surface area contributed by atoms with Gasteiger partial charge in [0.2, 0.25) is 0 Å². The number of thiophene rings is 1. The lowest BCUT2D eigenvalue weighted by atomic mass is 9.88. The molecule has 0 bridgehead atoms. The fraction of sp³-hybridized carbons (Fsp3) is 0.667. The number of carbonyl (C=O) groups is 1. The summed E-state index contributed by atoms with van der Waals surface area (Å²) in [6, 6.07) is 1.75. The second-order valence-electron chi connectivity index (χ2n) is 5.89. The van der Waals surface area contributed by atoms with Crippen LogP contribution in [0.25, 0.3) is 0 Å². The van der Waals surface area contributed by atoms with Crippen molar-refractivity contribution in [3.63, 3.8) is 0 Å². The van der Waals surface area contributed by atoms with Crippen LogP contribution in [0.1, 0.15) is 47.3 Å². The van der Waals surface area contributed by atoms with Crippen LogP contribution in [0.4, 0.5) is 0 Å². The van der Waals surface area contributed by atoms with E-state index in [1.54, 1.807) is 13.2 Å². The van der Waals surface area contributed by atoms with Gasteiger partial charge in [0.15, 0.2) is 9.84 Å². The van der Waals surface area contributed by atoms with E-state index >= 15 is 0 Å². The van der Waals surface area contributed by atoms with Crippen molar-refractivity contribution < 1.29 is 17.9 Å².